The Bertz CT molecular complexity index is 1310. The topological polar surface area (TPSA) is 98.1 Å². The Morgan fingerprint density at radius 1 is 0.971 bits per heavy atom. The van der Waals surface area contributed by atoms with E-state index in [2.05, 4.69) is 20.6 Å². The van der Waals surface area contributed by atoms with Gasteiger partial charge in [-0.15, -0.1) is 4.73 Å². The molecule has 0 saturated carbocycles. The fraction of sp³-hybridized carbons (Fsp3) is 0.231. The average Bonchev–Trinajstić information content (AvgIpc) is 2.88. The van der Waals surface area contributed by atoms with Gasteiger partial charge < -0.3 is 15.5 Å². The highest BCUT2D eigenvalue weighted by Crippen LogP contribution is 2.20. The molecular formula is C26H27N5O3. The maximum Gasteiger partial charge on any atom is 0.297 e. The van der Waals surface area contributed by atoms with Crippen LogP contribution in [0.25, 0.3) is 11.0 Å². The van der Waals surface area contributed by atoms with Gasteiger partial charge in [0.2, 0.25) is 0 Å². The molecule has 0 unspecified atom stereocenters. The number of unbranched alkanes of at least 4 members (excludes halogenated alkanes) is 1. The number of carbonyl (C=O) groups is 1. The second kappa shape index (κ2) is 11.1. The third-order valence-electron chi connectivity index (χ3n) is 5.32. The number of nitrogens with zero attached hydrogens (tertiary/aromatic N) is 3. The minimum absolute atomic E-state index is 0.0301. The number of benzene rings is 2. The lowest BCUT2D eigenvalue weighted by molar-refractivity contribution is 0.0922. The van der Waals surface area contributed by atoms with Gasteiger partial charge in [-0.3, -0.25) is 9.59 Å². The second-order valence-corrected chi connectivity index (χ2v) is 7.81. The number of nitrogens with one attached hydrogen (secondary N) is 2. The zero-order chi connectivity index (χ0) is 23.8. The smallest absolute Gasteiger partial charge is 0.297 e. The zero-order valence-electron chi connectivity index (χ0n) is 19.0. The number of rotatable bonds is 10. The Morgan fingerprint density at radius 3 is 2.32 bits per heavy atom. The normalized spacial score (nSPS) is 10.7. The SMILES string of the molecule is CCCCOn1c(=O)c(C(=O)NCc2ccccc2)cc2c(NCc3ccccc3)ncnc21. The summed E-state index contributed by atoms with van der Waals surface area (Å²) in [7, 11) is 0. The van der Waals surface area contributed by atoms with Gasteiger partial charge >= 0.3 is 0 Å². The molecule has 2 N–H and O–H groups in total. The summed E-state index contributed by atoms with van der Waals surface area (Å²) in [5.41, 5.74) is 1.73. The molecule has 1 amide bonds. The van der Waals surface area contributed by atoms with Crippen molar-refractivity contribution < 1.29 is 9.63 Å². The maximum atomic E-state index is 13.2. The fourth-order valence-electron chi connectivity index (χ4n) is 3.47. The van der Waals surface area contributed by atoms with Gasteiger partial charge in [0.15, 0.2) is 5.65 Å². The van der Waals surface area contributed by atoms with Gasteiger partial charge in [0.1, 0.15) is 24.3 Å². The van der Waals surface area contributed by atoms with Gasteiger partial charge in [-0.2, -0.15) is 0 Å². The summed E-state index contributed by atoms with van der Waals surface area (Å²) in [6.07, 6.45) is 3.05. The molecule has 4 aromatic rings. The Labute approximate surface area is 197 Å². The molecule has 0 aliphatic carbocycles. The molecule has 0 bridgehead atoms. The summed E-state index contributed by atoms with van der Waals surface area (Å²) < 4.78 is 1.11. The van der Waals surface area contributed by atoms with E-state index in [0.717, 1.165) is 28.7 Å². The van der Waals surface area contributed by atoms with Gasteiger partial charge in [-0.05, 0) is 23.6 Å². The van der Waals surface area contributed by atoms with Crippen molar-refractivity contribution in [2.45, 2.75) is 32.9 Å². The lowest BCUT2D eigenvalue weighted by Gasteiger charge is -2.15. The molecule has 34 heavy (non-hydrogen) atoms. The fourth-order valence-corrected chi connectivity index (χ4v) is 3.47. The van der Waals surface area contributed by atoms with Crippen LogP contribution in [0.15, 0.2) is 77.9 Å². The standard InChI is InChI=1S/C26H27N5O3/c1-2-3-14-34-31-24-21(23(29-18-30-24)27-16-19-10-6-4-7-11-19)15-22(26(31)33)25(32)28-17-20-12-8-5-9-13-20/h4-13,15,18H,2-3,14,16-17H2,1H3,(H,28,32)(H,27,29,30). The summed E-state index contributed by atoms with van der Waals surface area (Å²) in [6.45, 7) is 3.19. The Hall–Kier alpha value is -4.20. The lowest BCUT2D eigenvalue weighted by Crippen LogP contribution is -2.36. The number of fused-ring (bicyclic) bond motifs is 1. The maximum absolute atomic E-state index is 13.2. The second-order valence-electron chi connectivity index (χ2n) is 7.81. The number of aromatic nitrogens is 3. The van der Waals surface area contributed by atoms with Crippen LogP contribution in [0, 0.1) is 0 Å². The molecule has 8 heteroatoms. The third-order valence-corrected chi connectivity index (χ3v) is 5.32. The first-order chi connectivity index (χ1) is 16.7. The monoisotopic (exact) mass is 457 g/mol. The van der Waals surface area contributed by atoms with Gasteiger partial charge in [0.25, 0.3) is 11.5 Å². The van der Waals surface area contributed by atoms with Gasteiger partial charge in [0, 0.05) is 13.1 Å². The van der Waals surface area contributed by atoms with E-state index in [1.807, 2.05) is 67.6 Å². The Kier molecular flexibility index (Phi) is 7.49. The molecule has 2 aromatic heterocycles. The first-order valence-electron chi connectivity index (χ1n) is 11.3. The average molecular weight is 458 g/mol. The summed E-state index contributed by atoms with van der Waals surface area (Å²) in [4.78, 5) is 40.6. The molecule has 0 aliphatic heterocycles. The molecule has 0 radical (unpaired) electrons. The highest BCUT2D eigenvalue weighted by Gasteiger charge is 2.19. The van der Waals surface area contributed by atoms with Crippen molar-refractivity contribution in [2.24, 2.45) is 0 Å². The van der Waals surface area contributed by atoms with Crippen molar-refractivity contribution in [1.29, 1.82) is 0 Å². The van der Waals surface area contributed by atoms with Gasteiger partial charge in [-0.1, -0.05) is 74.0 Å². The quantitative estimate of drug-likeness (QED) is 0.354. The van der Waals surface area contributed by atoms with Crippen molar-refractivity contribution in [3.8, 4) is 0 Å². The first kappa shape index (κ1) is 23.0. The molecular weight excluding hydrogens is 430 g/mol. The van der Waals surface area contributed by atoms with Crippen molar-refractivity contribution in [1.82, 2.24) is 20.0 Å². The van der Waals surface area contributed by atoms with Crippen molar-refractivity contribution in [2.75, 3.05) is 11.9 Å². The minimum atomic E-state index is -0.554. The first-order valence-corrected chi connectivity index (χ1v) is 11.3. The molecule has 0 saturated heterocycles. The molecule has 2 aromatic carbocycles. The van der Waals surface area contributed by atoms with E-state index in [0.29, 0.717) is 36.5 Å². The number of carbonyl (C=O) groups excluding carboxylic acids is 1. The number of hydrogen-bond donors (Lipinski definition) is 2. The molecule has 174 valence electrons. The third kappa shape index (κ3) is 5.40. The molecule has 0 fully saturated rings. The van der Waals surface area contributed by atoms with E-state index >= 15 is 0 Å². The van der Waals surface area contributed by atoms with Crippen LogP contribution in [-0.4, -0.2) is 27.2 Å². The molecule has 4 rings (SSSR count). The van der Waals surface area contributed by atoms with Crippen molar-refractivity contribution in [3.63, 3.8) is 0 Å². The number of pyridine rings is 1. The highest BCUT2D eigenvalue weighted by atomic mass is 16.7. The Morgan fingerprint density at radius 2 is 1.65 bits per heavy atom. The largest absolute Gasteiger partial charge is 0.409 e. The minimum Gasteiger partial charge on any atom is -0.409 e. The van der Waals surface area contributed by atoms with Crippen LogP contribution >= 0.6 is 0 Å². The van der Waals surface area contributed by atoms with E-state index in [-0.39, 0.29) is 5.56 Å². The van der Waals surface area contributed by atoms with E-state index in [1.165, 1.54) is 12.4 Å². The van der Waals surface area contributed by atoms with Gasteiger partial charge in [0.05, 0.1) is 5.39 Å². The predicted octanol–water partition coefficient (Wildman–Crippen LogP) is 3.56. The highest BCUT2D eigenvalue weighted by molar-refractivity contribution is 5.98. The van der Waals surface area contributed by atoms with Crippen molar-refractivity contribution in [3.05, 3.63) is 100 Å². The van der Waals surface area contributed by atoms with E-state index in [4.69, 9.17) is 4.84 Å². The zero-order valence-corrected chi connectivity index (χ0v) is 19.0. The summed E-state index contributed by atoms with van der Waals surface area (Å²) in [5, 5.41) is 6.64. The number of hydrogen-bond acceptors (Lipinski definition) is 6. The lowest BCUT2D eigenvalue weighted by atomic mass is 10.1. The number of anilines is 1. The van der Waals surface area contributed by atoms with E-state index < -0.39 is 11.5 Å². The van der Waals surface area contributed by atoms with Crippen LogP contribution < -0.4 is 21.0 Å². The summed E-state index contributed by atoms with van der Waals surface area (Å²) in [6, 6.07) is 20.9. The van der Waals surface area contributed by atoms with Crippen LogP contribution in [0.4, 0.5) is 5.82 Å². The van der Waals surface area contributed by atoms with Crippen molar-refractivity contribution >= 4 is 22.8 Å². The molecule has 0 spiro atoms. The van der Waals surface area contributed by atoms with Crippen LogP contribution in [0.5, 0.6) is 0 Å². The number of amides is 1. The van der Waals surface area contributed by atoms with E-state index in [9.17, 15) is 9.59 Å². The van der Waals surface area contributed by atoms with Crippen LogP contribution in [0.3, 0.4) is 0 Å². The molecule has 0 atom stereocenters. The van der Waals surface area contributed by atoms with E-state index in [1.54, 1.807) is 0 Å². The van der Waals surface area contributed by atoms with Crippen LogP contribution in [-0.2, 0) is 13.1 Å². The summed E-state index contributed by atoms with van der Waals surface area (Å²) in [5.74, 6) is 0.0280. The molecule has 2 heterocycles. The Balaban J connectivity index is 1.69. The van der Waals surface area contributed by atoms with Gasteiger partial charge in [-0.25, -0.2) is 9.97 Å². The van der Waals surface area contributed by atoms with Crippen LogP contribution in [0.2, 0.25) is 0 Å². The predicted molar refractivity (Wildman–Crippen MR) is 132 cm³/mol. The molecule has 0 aliphatic rings. The molecule has 8 nitrogen and oxygen atoms in total. The summed E-state index contributed by atoms with van der Waals surface area (Å²) >= 11 is 0. The van der Waals surface area contributed by atoms with Crippen LogP contribution in [0.1, 0.15) is 41.3 Å².